The van der Waals surface area contributed by atoms with E-state index in [-0.39, 0.29) is 6.29 Å². The summed E-state index contributed by atoms with van der Waals surface area (Å²) in [6.45, 7) is 0. The Labute approximate surface area is 81.7 Å². The molecule has 1 heterocycles. The van der Waals surface area contributed by atoms with Gasteiger partial charge in [0.2, 0.25) is 0 Å². The molecule has 3 heteroatoms. The van der Waals surface area contributed by atoms with E-state index in [1.807, 2.05) is 30.3 Å². The number of allylic oxidation sites excluding steroid dienone is 1. The van der Waals surface area contributed by atoms with E-state index in [0.29, 0.717) is 11.6 Å². The number of halogens is 1. The lowest BCUT2D eigenvalue weighted by Gasteiger charge is -2.10. The molecule has 1 atom stereocenters. The molecule has 68 valence electrons. The van der Waals surface area contributed by atoms with Crippen LogP contribution in [0.1, 0.15) is 11.9 Å². The normalized spacial score (nSPS) is 20.4. The van der Waals surface area contributed by atoms with Crippen LogP contribution in [0, 0.1) is 0 Å². The zero-order valence-corrected chi connectivity index (χ0v) is 7.70. The Bertz CT molecular complexity index is 308. The number of hydrogen-bond donors (Lipinski definition) is 0. The highest BCUT2D eigenvalue weighted by Gasteiger charge is 2.19. The molecule has 0 spiro atoms. The van der Waals surface area contributed by atoms with Crippen molar-refractivity contribution >= 4 is 11.6 Å². The van der Waals surface area contributed by atoms with Crippen LogP contribution in [0.5, 0.6) is 0 Å². The Kier molecular flexibility index (Phi) is 2.41. The molecule has 0 fully saturated rings. The minimum absolute atomic E-state index is 0.324. The SMILES string of the molecule is ClCC1=COC(c2ccccc2)O1. The standard InChI is InChI=1S/C10H9ClO2/c11-6-9-7-12-10(13-9)8-4-2-1-3-5-8/h1-5,7,10H,6H2. The van der Waals surface area contributed by atoms with Gasteiger partial charge in [0.15, 0.2) is 5.76 Å². The van der Waals surface area contributed by atoms with Gasteiger partial charge in [0.05, 0.1) is 5.88 Å². The molecule has 0 amide bonds. The fourth-order valence-electron chi connectivity index (χ4n) is 1.15. The van der Waals surface area contributed by atoms with Gasteiger partial charge in [-0.05, 0) is 0 Å². The quantitative estimate of drug-likeness (QED) is 0.678. The Morgan fingerprint density at radius 3 is 2.62 bits per heavy atom. The van der Waals surface area contributed by atoms with Crippen LogP contribution in [0.4, 0.5) is 0 Å². The van der Waals surface area contributed by atoms with Crippen molar-refractivity contribution in [2.24, 2.45) is 0 Å². The van der Waals surface area contributed by atoms with Gasteiger partial charge in [-0.15, -0.1) is 11.6 Å². The first-order valence-corrected chi connectivity index (χ1v) is 4.55. The van der Waals surface area contributed by atoms with Crippen LogP contribution in [0.3, 0.4) is 0 Å². The summed E-state index contributed by atoms with van der Waals surface area (Å²) in [6.07, 6.45) is 1.24. The fourth-order valence-corrected chi connectivity index (χ4v) is 1.28. The van der Waals surface area contributed by atoms with Gasteiger partial charge >= 0.3 is 0 Å². The van der Waals surface area contributed by atoms with Gasteiger partial charge in [-0.25, -0.2) is 0 Å². The fraction of sp³-hybridized carbons (Fsp3) is 0.200. The zero-order valence-electron chi connectivity index (χ0n) is 6.94. The lowest BCUT2D eigenvalue weighted by atomic mass is 10.2. The second-order valence-corrected chi connectivity index (χ2v) is 2.98. The third-order valence-electron chi connectivity index (χ3n) is 1.78. The van der Waals surface area contributed by atoms with Crippen LogP contribution in [0.15, 0.2) is 42.4 Å². The minimum Gasteiger partial charge on any atom is -0.455 e. The topological polar surface area (TPSA) is 18.5 Å². The summed E-state index contributed by atoms with van der Waals surface area (Å²) < 4.78 is 10.7. The summed E-state index contributed by atoms with van der Waals surface area (Å²) in [7, 11) is 0. The Morgan fingerprint density at radius 1 is 1.23 bits per heavy atom. The average molecular weight is 197 g/mol. The van der Waals surface area contributed by atoms with E-state index in [2.05, 4.69) is 0 Å². The molecule has 2 nitrogen and oxygen atoms in total. The molecule has 1 aromatic carbocycles. The zero-order chi connectivity index (χ0) is 9.10. The van der Waals surface area contributed by atoms with E-state index in [1.165, 1.54) is 0 Å². The van der Waals surface area contributed by atoms with Crippen molar-refractivity contribution in [1.82, 2.24) is 0 Å². The highest BCUT2D eigenvalue weighted by Crippen LogP contribution is 2.28. The van der Waals surface area contributed by atoms with Crippen LogP contribution < -0.4 is 0 Å². The van der Waals surface area contributed by atoms with E-state index >= 15 is 0 Å². The molecule has 0 aliphatic carbocycles. The molecule has 1 unspecified atom stereocenters. The predicted octanol–water partition coefficient (Wildman–Crippen LogP) is 2.81. The molecular formula is C10H9ClO2. The van der Waals surface area contributed by atoms with Crippen molar-refractivity contribution in [3.63, 3.8) is 0 Å². The summed E-state index contributed by atoms with van der Waals surface area (Å²) >= 11 is 5.59. The number of hydrogen-bond acceptors (Lipinski definition) is 2. The van der Waals surface area contributed by atoms with Crippen molar-refractivity contribution in [3.8, 4) is 0 Å². The van der Waals surface area contributed by atoms with Crippen molar-refractivity contribution < 1.29 is 9.47 Å². The summed E-state index contributed by atoms with van der Waals surface area (Å²) in [4.78, 5) is 0. The third-order valence-corrected chi connectivity index (χ3v) is 2.05. The van der Waals surface area contributed by atoms with Gasteiger partial charge in [-0.2, -0.15) is 0 Å². The summed E-state index contributed by atoms with van der Waals surface area (Å²) in [5.74, 6) is 1.03. The Hall–Kier alpha value is -1.15. The van der Waals surface area contributed by atoms with Gasteiger partial charge in [0, 0.05) is 5.56 Å². The third kappa shape index (κ3) is 1.78. The molecule has 0 radical (unpaired) electrons. The van der Waals surface area contributed by atoms with Crippen LogP contribution in [-0.4, -0.2) is 5.88 Å². The monoisotopic (exact) mass is 196 g/mol. The molecular weight excluding hydrogens is 188 g/mol. The van der Waals surface area contributed by atoms with Crippen molar-refractivity contribution in [1.29, 1.82) is 0 Å². The first-order valence-electron chi connectivity index (χ1n) is 4.02. The van der Waals surface area contributed by atoms with Crippen LogP contribution in [0.25, 0.3) is 0 Å². The minimum atomic E-state index is -0.324. The predicted molar refractivity (Wildman–Crippen MR) is 50.2 cm³/mol. The smallest absolute Gasteiger partial charge is 0.266 e. The highest BCUT2D eigenvalue weighted by atomic mass is 35.5. The lowest BCUT2D eigenvalue weighted by Crippen LogP contribution is -1.98. The average Bonchev–Trinajstić information content (AvgIpc) is 2.67. The van der Waals surface area contributed by atoms with Gasteiger partial charge in [-0.1, -0.05) is 30.3 Å². The summed E-state index contributed by atoms with van der Waals surface area (Å²) in [5, 5.41) is 0. The number of benzene rings is 1. The highest BCUT2D eigenvalue weighted by molar-refractivity contribution is 6.19. The maximum Gasteiger partial charge on any atom is 0.266 e. The first-order chi connectivity index (χ1) is 6.40. The van der Waals surface area contributed by atoms with Gasteiger partial charge in [0.25, 0.3) is 6.29 Å². The Morgan fingerprint density at radius 2 is 2.00 bits per heavy atom. The largest absolute Gasteiger partial charge is 0.455 e. The number of alkyl halides is 1. The summed E-state index contributed by atoms with van der Waals surface area (Å²) in [6, 6.07) is 9.75. The van der Waals surface area contributed by atoms with Gasteiger partial charge in [-0.3, -0.25) is 0 Å². The van der Waals surface area contributed by atoms with Crippen LogP contribution in [0.2, 0.25) is 0 Å². The molecule has 2 rings (SSSR count). The maximum absolute atomic E-state index is 5.59. The molecule has 0 bridgehead atoms. The molecule has 1 aliphatic heterocycles. The first kappa shape index (κ1) is 8.45. The molecule has 1 aliphatic rings. The Balaban J connectivity index is 2.07. The molecule has 0 aromatic heterocycles. The molecule has 0 saturated carbocycles. The van der Waals surface area contributed by atoms with E-state index in [4.69, 9.17) is 21.1 Å². The molecule has 0 N–H and O–H groups in total. The molecule has 1 aromatic rings. The molecule has 0 saturated heterocycles. The number of rotatable bonds is 2. The second-order valence-electron chi connectivity index (χ2n) is 2.71. The van der Waals surface area contributed by atoms with Gasteiger partial charge in [0.1, 0.15) is 6.26 Å². The lowest BCUT2D eigenvalue weighted by molar-refractivity contribution is -0.0328. The van der Waals surface area contributed by atoms with Crippen molar-refractivity contribution in [3.05, 3.63) is 47.9 Å². The molecule has 13 heavy (non-hydrogen) atoms. The summed E-state index contributed by atoms with van der Waals surface area (Å²) in [5.41, 5.74) is 0.999. The van der Waals surface area contributed by atoms with Crippen molar-refractivity contribution in [2.75, 3.05) is 5.88 Å². The van der Waals surface area contributed by atoms with E-state index in [9.17, 15) is 0 Å². The maximum atomic E-state index is 5.59. The number of ether oxygens (including phenoxy) is 2. The van der Waals surface area contributed by atoms with Gasteiger partial charge < -0.3 is 9.47 Å². The van der Waals surface area contributed by atoms with Crippen LogP contribution in [-0.2, 0) is 9.47 Å². The van der Waals surface area contributed by atoms with Crippen LogP contribution >= 0.6 is 11.6 Å². The van der Waals surface area contributed by atoms with E-state index < -0.39 is 0 Å². The van der Waals surface area contributed by atoms with E-state index in [0.717, 1.165) is 5.56 Å². The van der Waals surface area contributed by atoms with Crippen molar-refractivity contribution in [2.45, 2.75) is 6.29 Å². The van der Waals surface area contributed by atoms with E-state index in [1.54, 1.807) is 6.26 Å². The second kappa shape index (κ2) is 3.71.